The van der Waals surface area contributed by atoms with Gasteiger partial charge in [0.05, 0.1) is 4.47 Å². The third-order valence-corrected chi connectivity index (χ3v) is 2.62. The number of halogens is 1. The first-order valence-corrected chi connectivity index (χ1v) is 5.56. The van der Waals surface area contributed by atoms with E-state index in [0.717, 1.165) is 10.2 Å². The molecule has 0 unspecified atom stereocenters. The lowest BCUT2D eigenvalue weighted by molar-refractivity contribution is 0.326. The molecule has 0 saturated heterocycles. The predicted octanol–water partition coefficient (Wildman–Crippen LogP) is 2.91. The molecule has 0 fully saturated rings. The van der Waals surface area contributed by atoms with Crippen molar-refractivity contribution in [3.05, 3.63) is 28.2 Å². The zero-order chi connectivity index (χ0) is 10.6. The van der Waals surface area contributed by atoms with Crippen LogP contribution in [0.25, 0.3) is 0 Å². The minimum absolute atomic E-state index is 0.537. The van der Waals surface area contributed by atoms with E-state index in [1.165, 1.54) is 5.56 Å². The smallest absolute Gasteiger partial charge is 0.133 e. The summed E-state index contributed by atoms with van der Waals surface area (Å²) in [5.74, 6) is 1.40. The molecular weight excluding hydrogens is 242 g/mol. The molecule has 0 aliphatic heterocycles. The van der Waals surface area contributed by atoms with Gasteiger partial charge in [-0.15, -0.1) is 0 Å². The lowest BCUT2D eigenvalue weighted by Crippen LogP contribution is -2.10. The molecule has 1 rings (SSSR count). The lowest BCUT2D eigenvalue weighted by Gasteiger charge is -2.10. The van der Waals surface area contributed by atoms with Crippen molar-refractivity contribution in [2.24, 2.45) is 5.73 Å². The lowest BCUT2D eigenvalue weighted by atomic mass is 10.0. The fourth-order valence-electron chi connectivity index (χ4n) is 1.16. The molecule has 78 valence electrons. The van der Waals surface area contributed by atoms with Crippen LogP contribution in [0, 0.1) is 0 Å². The number of nitrogens with two attached hydrogens (primary N) is 1. The van der Waals surface area contributed by atoms with E-state index in [-0.39, 0.29) is 0 Å². The Kier molecular flexibility index (Phi) is 4.42. The van der Waals surface area contributed by atoms with E-state index in [1.54, 1.807) is 0 Å². The third kappa shape index (κ3) is 3.00. The maximum absolute atomic E-state index is 5.45. The van der Waals surface area contributed by atoms with Crippen LogP contribution in [0.3, 0.4) is 0 Å². The van der Waals surface area contributed by atoms with Gasteiger partial charge in [0.1, 0.15) is 12.4 Å². The molecule has 2 nitrogen and oxygen atoms in total. The molecule has 14 heavy (non-hydrogen) atoms. The van der Waals surface area contributed by atoms with E-state index in [2.05, 4.69) is 41.9 Å². The summed E-state index contributed by atoms with van der Waals surface area (Å²) in [7, 11) is 0. The quantitative estimate of drug-likeness (QED) is 0.901. The van der Waals surface area contributed by atoms with Crippen molar-refractivity contribution in [3.8, 4) is 5.75 Å². The molecule has 0 aromatic heterocycles. The molecule has 3 heteroatoms. The molecule has 0 spiro atoms. The van der Waals surface area contributed by atoms with Crippen LogP contribution in [0.1, 0.15) is 25.3 Å². The van der Waals surface area contributed by atoms with E-state index >= 15 is 0 Å². The van der Waals surface area contributed by atoms with E-state index in [0.29, 0.717) is 19.1 Å². The molecule has 0 radical (unpaired) electrons. The highest BCUT2D eigenvalue weighted by atomic mass is 79.9. The largest absolute Gasteiger partial charge is 0.491 e. The van der Waals surface area contributed by atoms with Crippen molar-refractivity contribution in [1.29, 1.82) is 0 Å². The molecule has 2 N–H and O–H groups in total. The first kappa shape index (κ1) is 11.5. The SMILES string of the molecule is CC(C)c1ccc(OCCN)c(Br)c1. The summed E-state index contributed by atoms with van der Waals surface area (Å²) in [6.07, 6.45) is 0. The summed E-state index contributed by atoms with van der Waals surface area (Å²) in [6.45, 7) is 5.43. The van der Waals surface area contributed by atoms with Crippen molar-refractivity contribution >= 4 is 15.9 Å². The van der Waals surface area contributed by atoms with Gasteiger partial charge in [-0.25, -0.2) is 0 Å². The molecule has 0 bridgehead atoms. The number of hydrogen-bond donors (Lipinski definition) is 1. The first-order valence-electron chi connectivity index (χ1n) is 4.77. The minimum atomic E-state index is 0.537. The maximum Gasteiger partial charge on any atom is 0.133 e. The van der Waals surface area contributed by atoms with Gasteiger partial charge in [0, 0.05) is 6.54 Å². The number of benzene rings is 1. The van der Waals surface area contributed by atoms with Crippen LogP contribution < -0.4 is 10.5 Å². The van der Waals surface area contributed by atoms with E-state index in [4.69, 9.17) is 10.5 Å². The zero-order valence-electron chi connectivity index (χ0n) is 8.59. The second-order valence-corrected chi connectivity index (χ2v) is 4.34. The summed E-state index contributed by atoms with van der Waals surface area (Å²) in [5.41, 5.74) is 6.67. The molecular formula is C11H16BrNO. The Morgan fingerprint density at radius 2 is 2.14 bits per heavy atom. The standard InChI is InChI=1S/C11H16BrNO/c1-8(2)9-3-4-11(10(12)7-9)14-6-5-13/h3-4,7-8H,5-6,13H2,1-2H3. The van der Waals surface area contributed by atoms with Crippen molar-refractivity contribution < 1.29 is 4.74 Å². The molecule has 1 aromatic carbocycles. The number of ether oxygens (including phenoxy) is 1. The fourth-order valence-corrected chi connectivity index (χ4v) is 1.67. The summed E-state index contributed by atoms with van der Waals surface area (Å²) in [5, 5.41) is 0. The van der Waals surface area contributed by atoms with Crippen LogP contribution in [0.5, 0.6) is 5.75 Å². The van der Waals surface area contributed by atoms with Crippen LogP contribution in [0.15, 0.2) is 22.7 Å². The number of rotatable bonds is 4. The van der Waals surface area contributed by atoms with Crippen molar-refractivity contribution in [3.63, 3.8) is 0 Å². The predicted molar refractivity (Wildman–Crippen MR) is 62.8 cm³/mol. The highest BCUT2D eigenvalue weighted by molar-refractivity contribution is 9.10. The van der Waals surface area contributed by atoms with Gasteiger partial charge < -0.3 is 10.5 Å². The molecule has 0 amide bonds. The monoisotopic (exact) mass is 257 g/mol. The van der Waals surface area contributed by atoms with Crippen LogP contribution in [-0.4, -0.2) is 13.2 Å². The highest BCUT2D eigenvalue weighted by Crippen LogP contribution is 2.28. The average molecular weight is 258 g/mol. The van der Waals surface area contributed by atoms with Crippen molar-refractivity contribution in [2.45, 2.75) is 19.8 Å². The van der Waals surface area contributed by atoms with E-state index < -0.39 is 0 Å². The van der Waals surface area contributed by atoms with Gasteiger partial charge in [0.25, 0.3) is 0 Å². The van der Waals surface area contributed by atoms with Gasteiger partial charge >= 0.3 is 0 Å². The minimum Gasteiger partial charge on any atom is -0.491 e. The number of hydrogen-bond acceptors (Lipinski definition) is 2. The Hall–Kier alpha value is -0.540. The Morgan fingerprint density at radius 3 is 2.64 bits per heavy atom. The molecule has 0 atom stereocenters. The normalized spacial score (nSPS) is 10.6. The summed E-state index contributed by atoms with van der Waals surface area (Å²) < 4.78 is 6.45. The second kappa shape index (κ2) is 5.37. The zero-order valence-corrected chi connectivity index (χ0v) is 10.2. The van der Waals surface area contributed by atoms with Gasteiger partial charge in [-0.2, -0.15) is 0 Å². The molecule has 0 aliphatic rings. The van der Waals surface area contributed by atoms with Gasteiger partial charge in [0.2, 0.25) is 0 Å². The third-order valence-electron chi connectivity index (χ3n) is 2.00. The van der Waals surface area contributed by atoms with Crippen LogP contribution in [0.4, 0.5) is 0 Å². The van der Waals surface area contributed by atoms with Gasteiger partial charge in [0.15, 0.2) is 0 Å². The summed E-state index contributed by atoms with van der Waals surface area (Å²) >= 11 is 3.48. The van der Waals surface area contributed by atoms with E-state index in [1.807, 2.05) is 6.07 Å². The van der Waals surface area contributed by atoms with Gasteiger partial charge in [-0.1, -0.05) is 19.9 Å². The van der Waals surface area contributed by atoms with Gasteiger partial charge in [-0.3, -0.25) is 0 Å². The Labute approximate surface area is 93.6 Å². The molecule has 0 aliphatic carbocycles. The van der Waals surface area contributed by atoms with E-state index in [9.17, 15) is 0 Å². The average Bonchev–Trinajstić information content (AvgIpc) is 2.15. The van der Waals surface area contributed by atoms with Crippen molar-refractivity contribution in [1.82, 2.24) is 0 Å². The molecule has 0 heterocycles. The fraction of sp³-hybridized carbons (Fsp3) is 0.455. The summed E-state index contributed by atoms with van der Waals surface area (Å²) in [6, 6.07) is 6.16. The van der Waals surface area contributed by atoms with Gasteiger partial charge in [-0.05, 0) is 39.5 Å². The second-order valence-electron chi connectivity index (χ2n) is 3.48. The molecule has 1 aromatic rings. The highest BCUT2D eigenvalue weighted by Gasteiger charge is 2.04. The topological polar surface area (TPSA) is 35.2 Å². The first-order chi connectivity index (χ1) is 6.65. The van der Waals surface area contributed by atoms with Crippen LogP contribution >= 0.6 is 15.9 Å². The maximum atomic E-state index is 5.45. The van der Waals surface area contributed by atoms with Crippen LogP contribution in [-0.2, 0) is 0 Å². The van der Waals surface area contributed by atoms with Crippen molar-refractivity contribution in [2.75, 3.05) is 13.2 Å². The Bertz CT molecular complexity index is 299. The summed E-state index contributed by atoms with van der Waals surface area (Å²) in [4.78, 5) is 0. The van der Waals surface area contributed by atoms with Crippen LogP contribution in [0.2, 0.25) is 0 Å². The Morgan fingerprint density at radius 1 is 1.43 bits per heavy atom. The Balaban J connectivity index is 2.79. The molecule has 0 saturated carbocycles.